The SMILES string of the molecule is Cc1ccccc1OC(C)CNC(=O)CC(O)c1ccccc1. The number of benzene rings is 2. The van der Waals surface area contributed by atoms with Gasteiger partial charge in [0.15, 0.2) is 0 Å². The highest BCUT2D eigenvalue weighted by Gasteiger charge is 2.14. The van der Waals surface area contributed by atoms with Crippen LogP contribution in [-0.4, -0.2) is 23.7 Å². The summed E-state index contributed by atoms with van der Waals surface area (Å²) in [5.41, 5.74) is 1.80. The second-order valence-electron chi connectivity index (χ2n) is 5.63. The number of aliphatic hydroxyl groups is 1. The fraction of sp³-hybridized carbons (Fsp3) is 0.316. The Balaban J connectivity index is 1.77. The highest BCUT2D eigenvalue weighted by atomic mass is 16.5. The number of rotatable bonds is 7. The van der Waals surface area contributed by atoms with E-state index in [1.165, 1.54) is 0 Å². The highest BCUT2D eigenvalue weighted by molar-refractivity contribution is 5.76. The first kappa shape index (κ1) is 17.0. The molecule has 0 spiro atoms. The quantitative estimate of drug-likeness (QED) is 0.826. The second-order valence-corrected chi connectivity index (χ2v) is 5.63. The Labute approximate surface area is 137 Å². The van der Waals surface area contributed by atoms with Crippen LogP contribution in [-0.2, 0) is 4.79 Å². The van der Waals surface area contributed by atoms with Crippen LogP contribution in [0.1, 0.15) is 30.6 Å². The highest BCUT2D eigenvalue weighted by Crippen LogP contribution is 2.18. The van der Waals surface area contributed by atoms with Gasteiger partial charge in [0.1, 0.15) is 11.9 Å². The van der Waals surface area contributed by atoms with E-state index < -0.39 is 6.10 Å². The first-order valence-electron chi connectivity index (χ1n) is 7.78. The molecular formula is C19H23NO3. The van der Waals surface area contributed by atoms with Crippen molar-refractivity contribution in [1.29, 1.82) is 0 Å². The van der Waals surface area contributed by atoms with Gasteiger partial charge in [-0.05, 0) is 31.0 Å². The maximum atomic E-state index is 11.9. The minimum Gasteiger partial charge on any atom is -0.489 e. The molecule has 0 aliphatic carbocycles. The van der Waals surface area contributed by atoms with E-state index in [0.717, 1.165) is 16.9 Å². The number of amides is 1. The molecule has 122 valence electrons. The molecule has 0 saturated carbocycles. The Morgan fingerprint density at radius 1 is 1.13 bits per heavy atom. The number of aryl methyl sites for hydroxylation is 1. The number of carbonyl (C=O) groups excluding carboxylic acids is 1. The van der Waals surface area contributed by atoms with E-state index >= 15 is 0 Å². The number of ether oxygens (including phenoxy) is 1. The van der Waals surface area contributed by atoms with E-state index in [9.17, 15) is 9.90 Å². The van der Waals surface area contributed by atoms with E-state index in [1.54, 1.807) is 0 Å². The number of nitrogens with one attached hydrogen (secondary N) is 1. The lowest BCUT2D eigenvalue weighted by Crippen LogP contribution is -2.34. The van der Waals surface area contributed by atoms with E-state index in [-0.39, 0.29) is 18.4 Å². The van der Waals surface area contributed by atoms with E-state index in [0.29, 0.717) is 6.54 Å². The Hall–Kier alpha value is -2.33. The maximum absolute atomic E-state index is 11.9. The Morgan fingerprint density at radius 3 is 2.48 bits per heavy atom. The van der Waals surface area contributed by atoms with Crippen molar-refractivity contribution in [3.63, 3.8) is 0 Å². The lowest BCUT2D eigenvalue weighted by molar-refractivity contribution is -0.123. The zero-order valence-corrected chi connectivity index (χ0v) is 13.5. The van der Waals surface area contributed by atoms with Crippen molar-refractivity contribution in [3.8, 4) is 5.75 Å². The third-order valence-corrected chi connectivity index (χ3v) is 3.57. The summed E-state index contributed by atoms with van der Waals surface area (Å²) in [5.74, 6) is 0.625. The van der Waals surface area contributed by atoms with Crippen molar-refractivity contribution in [1.82, 2.24) is 5.32 Å². The van der Waals surface area contributed by atoms with Gasteiger partial charge in [-0.1, -0.05) is 48.5 Å². The van der Waals surface area contributed by atoms with Gasteiger partial charge in [-0.25, -0.2) is 0 Å². The molecule has 2 N–H and O–H groups in total. The van der Waals surface area contributed by atoms with Crippen LogP contribution in [0.3, 0.4) is 0 Å². The van der Waals surface area contributed by atoms with Gasteiger partial charge in [-0.15, -0.1) is 0 Å². The molecule has 0 aliphatic heterocycles. The number of aliphatic hydroxyl groups excluding tert-OH is 1. The van der Waals surface area contributed by atoms with Gasteiger partial charge >= 0.3 is 0 Å². The summed E-state index contributed by atoms with van der Waals surface area (Å²) in [6, 6.07) is 16.9. The fourth-order valence-electron chi connectivity index (χ4n) is 2.25. The van der Waals surface area contributed by atoms with E-state index in [4.69, 9.17) is 4.74 Å². The molecule has 0 bridgehead atoms. The molecule has 23 heavy (non-hydrogen) atoms. The van der Waals surface area contributed by atoms with Crippen LogP contribution in [0, 0.1) is 6.92 Å². The van der Waals surface area contributed by atoms with Crippen molar-refractivity contribution in [2.45, 2.75) is 32.5 Å². The molecule has 0 aliphatic rings. The number of carbonyl (C=O) groups is 1. The normalized spacial score (nSPS) is 13.2. The third kappa shape index (κ3) is 5.42. The molecule has 4 heteroatoms. The summed E-state index contributed by atoms with van der Waals surface area (Å²) >= 11 is 0. The largest absolute Gasteiger partial charge is 0.489 e. The zero-order chi connectivity index (χ0) is 16.7. The minimum atomic E-state index is -0.788. The van der Waals surface area contributed by atoms with Crippen LogP contribution in [0.25, 0.3) is 0 Å². The lowest BCUT2D eigenvalue weighted by Gasteiger charge is -2.17. The van der Waals surface area contributed by atoms with Gasteiger partial charge in [0, 0.05) is 0 Å². The van der Waals surface area contributed by atoms with Crippen LogP contribution in [0.2, 0.25) is 0 Å². The van der Waals surface area contributed by atoms with Crippen LogP contribution < -0.4 is 10.1 Å². The van der Waals surface area contributed by atoms with Crippen LogP contribution in [0.4, 0.5) is 0 Å². The molecule has 1 amide bonds. The molecule has 4 nitrogen and oxygen atoms in total. The predicted molar refractivity (Wildman–Crippen MR) is 90.3 cm³/mol. The molecule has 0 radical (unpaired) electrons. The van der Waals surface area contributed by atoms with Crippen molar-refractivity contribution in [3.05, 3.63) is 65.7 Å². The molecule has 2 unspecified atom stereocenters. The average molecular weight is 313 g/mol. The molecular weight excluding hydrogens is 290 g/mol. The summed E-state index contributed by atoms with van der Waals surface area (Å²) in [5, 5.41) is 12.8. The zero-order valence-electron chi connectivity index (χ0n) is 13.5. The average Bonchev–Trinajstić information content (AvgIpc) is 2.56. The number of hydrogen-bond donors (Lipinski definition) is 2. The van der Waals surface area contributed by atoms with Gasteiger partial charge in [0.05, 0.1) is 19.1 Å². The first-order chi connectivity index (χ1) is 11.1. The van der Waals surface area contributed by atoms with Crippen molar-refractivity contribution in [2.75, 3.05) is 6.54 Å². The predicted octanol–water partition coefficient (Wildman–Crippen LogP) is 3.00. The summed E-state index contributed by atoms with van der Waals surface area (Å²) in [6.45, 7) is 4.28. The molecule has 0 saturated heterocycles. The van der Waals surface area contributed by atoms with Gasteiger partial charge in [0.2, 0.25) is 5.91 Å². The summed E-state index contributed by atoms with van der Waals surface area (Å²) in [7, 11) is 0. The third-order valence-electron chi connectivity index (χ3n) is 3.57. The van der Waals surface area contributed by atoms with Crippen molar-refractivity contribution in [2.24, 2.45) is 0 Å². The molecule has 0 aromatic heterocycles. The molecule has 2 aromatic carbocycles. The Bertz CT molecular complexity index is 628. The molecule has 0 fully saturated rings. The maximum Gasteiger partial charge on any atom is 0.223 e. The summed E-state index contributed by atoms with van der Waals surface area (Å²) in [6.07, 6.45) is -0.890. The van der Waals surface area contributed by atoms with E-state index in [1.807, 2.05) is 68.4 Å². The smallest absolute Gasteiger partial charge is 0.223 e. The number of hydrogen-bond acceptors (Lipinski definition) is 3. The van der Waals surface area contributed by atoms with Crippen LogP contribution in [0.5, 0.6) is 5.75 Å². The molecule has 2 aromatic rings. The van der Waals surface area contributed by atoms with Crippen molar-refractivity contribution >= 4 is 5.91 Å². The van der Waals surface area contributed by atoms with Crippen LogP contribution >= 0.6 is 0 Å². The summed E-state index contributed by atoms with van der Waals surface area (Å²) < 4.78 is 5.81. The second kappa shape index (κ2) is 8.34. The van der Waals surface area contributed by atoms with Gasteiger partial charge in [-0.3, -0.25) is 4.79 Å². The summed E-state index contributed by atoms with van der Waals surface area (Å²) in [4.78, 5) is 11.9. The standard InChI is InChI=1S/C19H23NO3/c1-14-8-6-7-11-18(14)23-15(2)13-20-19(22)12-17(21)16-9-4-3-5-10-16/h3-11,15,17,21H,12-13H2,1-2H3,(H,20,22). The topological polar surface area (TPSA) is 58.6 Å². The lowest BCUT2D eigenvalue weighted by atomic mass is 10.1. The molecule has 2 atom stereocenters. The van der Waals surface area contributed by atoms with Gasteiger partial charge in [0.25, 0.3) is 0 Å². The monoisotopic (exact) mass is 313 g/mol. The molecule has 0 heterocycles. The van der Waals surface area contributed by atoms with Crippen LogP contribution in [0.15, 0.2) is 54.6 Å². The Morgan fingerprint density at radius 2 is 1.78 bits per heavy atom. The number of para-hydroxylation sites is 1. The minimum absolute atomic E-state index is 0.0428. The van der Waals surface area contributed by atoms with Gasteiger partial charge in [-0.2, -0.15) is 0 Å². The first-order valence-corrected chi connectivity index (χ1v) is 7.78. The molecule has 2 rings (SSSR count). The fourth-order valence-corrected chi connectivity index (χ4v) is 2.25. The Kier molecular flexibility index (Phi) is 6.18. The van der Waals surface area contributed by atoms with Crippen molar-refractivity contribution < 1.29 is 14.6 Å². The van der Waals surface area contributed by atoms with Gasteiger partial charge < -0.3 is 15.2 Å². The van der Waals surface area contributed by atoms with E-state index in [2.05, 4.69) is 5.32 Å².